The number of nitrogens with zero attached hydrogens (tertiary/aromatic N) is 3. The Balaban J connectivity index is 0.00000147. The lowest BCUT2D eigenvalue weighted by Gasteiger charge is -2.25. The summed E-state index contributed by atoms with van der Waals surface area (Å²) < 4.78 is 1.97. The molecule has 2 fully saturated rings. The second kappa shape index (κ2) is 6.92. The smallest absolute Gasteiger partial charge is 0.0666 e. The van der Waals surface area contributed by atoms with Gasteiger partial charge in [0.1, 0.15) is 0 Å². The van der Waals surface area contributed by atoms with E-state index in [0.29, 0.717) is 6.04 Å². The summed E-state index contributed by atoms with van der Waals surface area (Å²) in [5, 5.41) is 8.19. The second-order valence-electron chi connectivity index (χ2n) is 6.08. The summed E-state index contributed by atoms with van der Waals surface area (Å²) in [4.78, 5) is 2.68. The fourth-order valence-corrected chi connectivity index (χ4v) is 3.21. The van der Waals surface area contributed by atoms with Crippen molar-refractivity contribution in [1.29, 1.82) is 0 Å². The van der Waals surface area contributed by atoms with Crippen LogP contribution in [0.1, 0.15) is 43.9 Å². The summed E-state index contributed by atoms with van der Waals surface area (Å²) in [6.45, 7) is 5.70. The van der Waals surface area contributed by atoms with Gasteiger partial charge in [-0.1, -0.05) is 6.92 Å². The van der Waals surface area contributed by atoms with Crippen molar-refractivity contribution < 1.29 is 0 Å². The van der Waals surface area contributed by atoms with Crippen molar-refractivity contribution in [1.82, 2.24) is 20.0 Å². The summed E-state index contributed by atoms with van der Waals surface area (Å²) in [5.74, 6) is 0. The highest BCUT2D eigenvalue weighted by molar-refractivity contribution is 5.85. The Hall–Kier alpha value is -0.580. The Morgan fingerprint density at radius 3 is 2.80 bits per heavy atom. The normalized spacial score (nSPS) is 22.2. The number of hydrogen-bond donors (Lipinski definition) is 1. The molecule has 1 aliphatic heterocycles. The molecule has 5 heteroatoms. The lowest BCUT2D eigenvalue weighted by atomic mass is 10.1. The van der Waals surface area contributed by atoms with E-state index in [1.165, 1.54) is 50.0 Å². The third-order valence-electron chi connectivity index (χ3n) is 4.38. The van der Waals surface area contributed by atoms with Gasteiger partial charge in [-0.3, -0.25) is 9.58 Å². The van der Waals surface area contributed by atoms with Crippen molar-refractivity contribution in [3.63, 3.8) is 0 Å². The fraction of sp³-hybridized carbons (Fsp3) is 0.800. The highest BCUT2D eigenvalue weighted by Crippen LogP contribution is 2.29. The summed E-state index contributed by atoms with van der Waals surface area (Å²) in [5.41, 5.74) is 2.70. The van der Waals surface area contributed by atoms with Crippen LogP contribution in [0.3, 0.4) is 0 Å². The first-order chi connectivity index (χ1) is 9.26. The third-order valence-corrected chi connectivity index (χ3v) is 4.38. The molecule has 4 nitrogen and oxygen atoms in total. The molecule has 1 atom stereocenters. The van der Waals surface area contributed by atoms with E-state index in [2.05, 4.69) is 28.4 Å². The van der Waals surface area contributed by atoms with Crippen LogP contribution in [-0.4, -0.2) is 39.9 Å². The molecule has 1 N–H and O–H groups in total. The molecule has 0 spiro atoms. The summed E-state index contributed by atoms with van der Waals surface area (Å²) in [6, 6.07) is 1.54. The van der Waals surface area contributed by atoms with Crippen LogP contribution in [0.2, 0.25) is 0 Å². The zero-order valence-corrected chi connectivity index (χ0v) is 13.5. The molecule has 1 unspecified atom stereocenters. The summed E-state index contributed by atoms with van der Waals surface area (Å²) >= 11 is 0. The van der Waals surface area contributed by atoms with Crippen molar-refractivity contribution in [2.24, 2.45) is 7.05 Å². The first-order valence-electron chi connectivity index (χ1n) is 7.75. The molecule has 0 radical (unpaired) electrons. The van der Waals surface area contributed by atoms with E-state index in [1.54, 1.807) is 0 Å². The highest BCUT2D eigenvalue weighted by Gasteiger charge is 2.31. The highest BCUT2D eigenvalue weighted by atomic mass is 35.5. The van der Waals surface area contributed by atoms with Crippen molar-refractivity contribution in [2.45, 2.75) is 57.7 Å². The molecule has 0 bridgehead atoms. The molecule has 2 heterocycles. The molecule has 2 aliphatic rings. The number of hydrogen-bond acceptors (Lipinski definition) is 3. The van der Waals surface area contributed by atoms with Crippen molar-refractivity contribution >= 4 is 12.4 Å². The molecule has 0 amide bonds. The van der Waals surface area contributed by atoms with Crippen molar-refractivity contribution in [2.75, 3.05) is 13.1 Å². The van der Waals surface area contributed by atoms with Crippen LogP contribution in [0.4, 0.5) is 0 Å². The number of aromatic nitrogens is 2. The topological polar surface area (TPSA) is 33.1 Å². The van der Waals surface area contributed by atoms with Gasteiger partial charge in [0.25, 0.3) is 0 Å². The van der Waals surface area contributed by atoms with E-state index in [9.17, 15) is 0 Å². The van der Waals surface area contributed by atoms with Gasteiger partial charge < -0.3 is 5.32 Å². The van der Waals surface area contributed by atoms with Crippen LogP contribution in [-0.2, 0) is 20.0 Å². The lowest BCUT2D eigenvalue weighted by molar-refractivity contribution is 0.230. The average Bonchev–Trinajstić information content (AvgIpc) is 3.01. The predicted octanol–water partition coefficient (Wildman–Crippen LogP) is 2.12. The molecular formula is C15H27ClN4. The minimum atomic E-state index is 0. The molecule has 114 valence electrons. The van der Waals surface area contributed by atoms with Gasteiger partial charge in [-0.05, 0) is 38.6 Å². The Bertz CT molecular complexity index is 422. The molecular weight excluding hydrogens is 272 g/mol. The van der Waals surface area contributed by atoms with Gasteiger partial charge in [0.15, 0.2) is 0 Å². The van der Waals surface area contributed by atoms with E-state index in [4.69, 9.17) is 0 Å². The van der Waals surface area contributed by atoms with Crippen LogP contribution >= 0.6 is 12.4 Å². The Morgan fingerprint density at radius 1 is 1.40 bits per heavy atom. The van der Waals surface area contributed by atoms with E-state index in [0.717, 1.165) is 19.0 Å². The van der Waals surface area contributed by atoms with Crippen molar-refractivity contribution in [3.8, 4) is 0 Å². The van der Waals surface area contributed by atoms with Gasteiger partial charge in [0.05, 0.1) is 5.69 Å². The van der Waals surface area contributed by atoms with Crippen molar-refractivity contribution in [3.05, 3.63) is 17.5 Å². The van der Waals surface area contributed by atoms with Crippen LogP contribution in [0.5, 0.6) is 0 Å². The van der Waals surface area contributed by atoms with E-state index in [-0.39, 0.29) is 12.4 Å². The summed E-state index contributed by atoms with van der Waals surface area (Å²) in [7, 11) is 2.03. The Kier molecular flexibility index (Phi) is 5.47. The fourth-order valence-electron chi connectivity index (χ4n) is 3.21. The van der Waals surface area contributed by atoms with Crippen LogP contribution in [0, 0.1) is 0 Å². The first-order valence-corrected chi connectivity index (χ1v) is 7.75. The lowest BCUT2D eigenvalue weighted by Crippen LogP contribution is -2.38. The minimum absolute atomic E-state index is 0. The zero-order chi connectivity index (χ0) is 13.2. The number of aryl methyl sites for hydroxylation is 2. The monoisotopic (exact) mass is 298 g/mol. The largest absolute Gasteiger partial charge is 0.313 e. The minimum Gasteiger partial charge on any atom is -0.313 e. The molecule has 1 saturated heterocycles. The maximum Gasteiger partial charge on any atom is 0.0666 e. The van der Waals surface area contributed by atoms with E-state index < -0.39 is 0 Å². The molecule has 1 saturated carbocycles. The molecule has 1 aromatic rings. The van der Waals surface area contributed by atoms with Crippen LogP contribution in [0.25, 0.3) is 0 Å². The number of nitrogens with one attached hydrogen (secondary N) is 1. The average molecular weight is 299 g/mol. The number of halogens is 1. The SMILES string of the molecule is CCc1nn(C)cc1CN(CC1CCCN1)C1CC1.Cl. The number of rotatable bonds is 6. The maximum atomic E-state index is 4.57. The van der Waals surface area contributed by atoms with Gasteiger partial charge >= 0.3 is 0 Å². The molecule has 20 heavy (non-hydrogen) atoms. The van der Waals surface area contributed by atoms with Gasteiger partial charge in [0, 0.05) is 44.0 Å². The van der Waals surface area contributed by atoms with Gasteiger partial charge in [-0.2, -0.15) is 5.10 Å². The first kappa shape index (κ1) is 15.8. The van der Waals surface area contributed by atoms with Gasteiger partial charge in [-0.15, -0.1) is 12.4 Å². The maximum absolute atomic E-state index is 4.57. The zero-order valence-electron chi connectivity index (χ0n) is 12.6. The van der Waals surface area contributed by atoms with Crippen LogP contribution in [0.15, 0.2) is 6.20 Å². The van der Waals surface area contributed by atoms with E-state index in [1.807, 2.05) is 11.7 Å². The third kappa shape index (κ3) is 3.74. The van der Waals surface area contributed by atoms with Gasteiger partial charge in [-0.25, -0.2) is 0 Å². The Labute approximate surface area is 128 Å². The van der Waals surface area contributed by atoms with Gasteiger partial charge in [0.2, 0.25) is 0 Å². The predicted molar refractivity (Wildman–Crippen MR) is 84.3 cm³/mol. The standard InChI is InChI=1S/C15H26N4.ClH/c1-3-15-12(9-18(2)17-15)10-19(14-6-7-14)11-13-5-4-8-16-13;/h9,13-14,16H,3-8,10-11H2,1-2H3;1H. The second-order valence-corrected chi connectivity index (χ2v) is 6.08. The molecule has 1 aromatic heterocycles. The van der Waals surface area contributed by atoms with Crippen LogP contribution < -0.4 is 5.32 Å². The van der Waals surface area contributed by atoms with E-state index >= 15 is 0 Å². The quantitative estimate of drug-likeness (QED) is 0.873. The summed E-state index contributed by atoms with van der Waals surface area (Å²) in [6.07, 6.45) is 8.70. The Morgan fingerprint density at radius 2 is 2.20 bits per heavy atom. The molecule has 3 rings (SSSR count). The molecule has 0 aromatic carbocycles. The molecule has 1 aliphatic carbocycles.